The van der Waals surface area contributed by atoms with Crippen molar-refractivity contribution >= 4 is 11.8 Å². The van der Waals surface area contributed by atoms with Crippen LogP contribution in [0.2, 0.25) is 0 Å². The summed E-state index contributed by atoms with van der Waals surface area (Å²) in [7, 11) is 0. The van der Waals surface area contributed by atoms with Crippen molar-refractivity contribution in [2.45, 2.75) is 26.2 Å². The maximum Gasteiger partial charge on any atom is 0.254 e. The molecule has 1 aliphatic heterocycles. The average molecular weight is 351 g/mol. The van der Waals surface area contributed by atoms with Crippen molar-refractivity contribution in [2.75, 3.05) is 26.2 Å². The number of amides is 2. The molecule has 1 aliphatic rings. The third-order valence-electron chi connectivity index (χ3n) is 4.93. The number of rotatable bonds is 4. The van der Waals surface area contributed by atoms with Crippen LogP contribution >= 0.6 is 0 Å². The van der Waals surface area contributed by atoms with Crippen LogP contribution in [0.3, 0.4) is 0 Å². The lowest BCUT2D eigenvalue weighted by Gasteiger charge is -2.22. The molecule has 1 fully saturated rings. The monoisotopic (exact) mass is 351 g/mol. The minimum Gasteiger partial charge on any atom is -0.341 e. The number of nitrogens with zero attached hydrogens (tertiary/aromatic N) is 3. The molecule has 0 aliphatic carbocycles. The molecule has 0 unspecified atom stereocenters. The average Bonchev–Trinajstić information content (AvgIpc) is 2.93. The van der Waals surface area contributed by atoms with Crippen LogP contribution in [0.4, 0.5) is 0 Å². The van der Waals surface area contributed by atoms with E-state index in [1.165, 1.54) is 11.1 Å². The second-order valence-electron chi connectivity index (χ2n) is 6.69. The van der Waals surface area contributed by atoms with E-state index in [2.05, 4.69) is 24.0 Å². The summed E-state index contributed by atoms with van der Waals surface area (Å²) in [6, 6.07) is 11.7. The molecule has 0 spiro atoms. The summed E-state index contributed by atoms with van der Waals surface area (Å²) in [4.78, 5) is 32.9. The summed E-state index contributed by atoms with van der Waals surface area (Å²) in [6.45, 7) is 4.66. The maximum atomic E-state index is 12.6. The van der Waals surface area contributed by atoms with Gasteiger partial charge in [-0.15, -0.1) is 0 Å². The minimum atomic E-state index is 0.0154. The van der Waals surface area contributed by atoms with E-state index >= 15 is 0 Å². The summed E-state index contributed by atoms with van der Waals surface area (Å²) in [5.41, 5.74) is 3.11. The molecule has 2 amide bonds. The molecule has 1 saturated heterocycles. The predicted molar refractivity (Wildman–Crippen MR) is 101 cm³/mol. The summed E-state index contributed by atoms with van der Waals surface area (Å²) in [6.07, 6.45) is 5.36. The van der Waals surface area contributed by atoms with Gasteiger partial charge in [-0.05, 0) is 43.0 Å². The van der Waals surface area contributed by atoms with Crippen LogP contribution in [0, 0.1) is 6.92 Å². The Morgan fingerprint density at radius 1 is 0.962 bits per heavy atom. The molecule has 0 atom stereocenters. The smallest absolute Gasteiger partial charge is 0.254 e. The van der Waals surface area contributed by atoms with Crippen LogP contribution < -0.4 is 0 Å². The van der Waals surface area contributed by atoms with Crippen molar-refractivity contribution < 1.29 is 9.59 Å². The summed E-state index contributed by atoms with van der Waals surface area (Å²) in [5.74, 6) is 0.188. The fourth-order valence-corrected chi connectivity index (χ4v) is 3.34. The van der Waals surface area contributed by atoms with Gasteiger partial charge in [0.25, 0.3) is 5.91 Å². The number of carbonyl (C=O) groups is 2. The van der Waals surface area contributed by atoms with E-state index in [4.69, 9.17) is 0 Å². The van der Waals surface area contributed by atoms with Crippen LogP contribution in [0.25, 0.3) is 0 Å². The molecule has 2 heterocycles. The number of hydrogen-bond donors (Lipinski definition) is 0. The first kappa shape index (κ1) is 18.1. The summed E-state index contributed by atoms with van der Waals surface area (Å²) in [5, 5.41) is 0. The Labute approximate surface area is 154 Å². The van der Waals surface area contributed by atoms with Gasteiger partial charge in [-0.25, -0.2) is 0 Å². The van der Waals surface area contributed by atoms with Crippen LogP contribution in [0.5, 0.6) is 0 Å². The van der Waals surface area contributed by atoms with E-state index in [9.17, 15) is 9.59 Å². The van der Waals surface area contributed by atoms with Gasteiger partial charge >= 0.3 is 0 Å². The van der Waals surface area contributed by atoms with Gasteiger partial charge in [-0.2, -0.15) is 0 Å². The Bertz CT molecular complexity index is 761. The largest absolute Gasteiger partial charge is 0.341 e. The number of aromatic nitrogens is 1. The Morgan fingerprint density at radius 2 is 1.65 bits per heavy atom. The third-order valence-corrected chi connectivity index (χ3v) is 4.93. The highest BCUT2D eigenvalue weighted by Crippen LogP contribution is 2.13. The van der Waals surface area contributed by atoms with Gasteiger partial charge in [-0.3, -0.25) is 14.6 Å². The van der Waals surface area contributed by atoms with Crippen molar-refractivity contribution in [3.8, 4) is 0 Å². The van der Waals surface area contributed by atoms with Gasteiger partial charge in [0.05, 0.1) is 0 Å². The second kappa shape index (κ2) is 8.61. The van der Waals surface area contributed by atoms with Gasteiger partial charge < -0.3 is 9.80 Å². The molecule has 0 saturated carbocycles. The Morgan fingerprint density at radius 3 is 2.42 bits per heavy atom. The minimum absolute atomic E-state index is 0.0154. The molecule has 0 N–H and O–H groups in total. The van der Waals surface area contributed by atoms with Crippen LogP contribution in [0.15, 0.2) is 48.8 Å². The zero-order valence-electron chi connectivity index (χ0n) is 15.2. The highest BCUT2D eigenvalue weighted by molar-refractivity contribution is 5.94. The molecule has 1 aromatic carbocycles. The first-order chi connectivity index (χ1) is 12.6. The number of pyridine rings is 1. The molecule has 136 valence electrons. The maximum absolute atomic E-state index is 12.6. The number of hydrogen-bond acceptors (Lipinski definition) is 3. The van der Waals surface area contributed by atoms with Crippen LogP contribution in [0.1, 0.15) is 34.3 Å². The number of carbonyl (C=O) groups excluding carboxylic acids is 2. The standard InChI is InChI=1S/C21H25N3O2/c1-17-5-2-3-6-18(17)7-8-20(25)23-13-4-14-24(16-15-23)21(26)19-9-11-22-12-10-19/h2-3,5-6,9-12H,4,7-8,13-16H2,1H3. The molecular weight excluding hydrogens is 326 g/mol. The van der Waals surface area contributed by atoms with E-state index in [0.717, 1.165) is 12.8 Å². The lowest BCUT2D eigenvalue weighted by molar-refractivity contribution is -0.131. The van der Waals surface area contributed by atoms with E-state index in [-0.39, 0.29) is 11.8 Å². The Kier molecular flexibility index (Phi) is 6.00. The van der Waals surface area contributed by atoms with Gasteiger partial charge in [0.15, 0.2) is 0 Å². The predicted octanol–water partition coefficient (Wildman–Crippen LogP) is 2.70. The van der Waals surface area contributed by atoms with Crippen molar-refractivity contribution in [3.05, 3.63) is 65.5 Å². The first-order valence-electron chi connectivity index (χ1n) is 9.17. The zero-order valence-corrected chi connectivity index (χ0v) is 15.2. The van der Waals surface area contributed by atoms with Gasteiger partial charge in [0.1, 0.15) is 0 Å². The van der Waals surface area contributed by atoms with Gasteiger partial charge in [0.2, 0.25) is 5.91 Å². The van der Waals surface area contributed by atoms with Crippen molar-refractivity contribution in [3.63, 3.8) is 0 Å². The van der Waals surface area contributed by atoms with Crippen LogP contribution in [-0.2, 0) is 11.2 Å². The highest BCUT2D eigenvalue weighted by atomic mass is 16.2. The van der Waals surface area contributed by atoms with Crippen molar-refractivity contribution in [1.82, 2.24) is 14.8 Å². The Hall–Kier alpha value is -2.69. The van der Waals surface area contributed by atoms with Gasteiger partial charge in [0, 0.05) is 50.6 Å². The second-order valence-corrected chi connectivity index (χ2v) is 6.69. The normalized spacial score (nSPS) is 14.8. The Balaban J connectivity index is 1.54. The molecule has 2 aromatic rings. The lowest BCUT2D eigenvalue weighted by Crippen LogP contribution is -2.37. The van der Waals surface area contributed by atoms with Crippen LogP contribution in [-0.4, -0.2) is 52.8 Å². The molecular formula is C21H25N3O2. The SMILES string of the molecule is Cc1ccccc1CCC(=O)N1CCCN(C(=O)c2ccncc2)CC1. The molecule has 5 nitrogen and oxygen atoms in total. The molecule has 0 bridgehead atoms. The zero-order chi connectivity index (χ0) is 18.4. The topological polar surface area (TPSA) is 53.5 Å². The van der Waals surface area contributed by atoms with E-state index < -0.39 is 0 Å². The third kappa shape index (κ3) is 4.48. The highest BCUT2D eigenvalue weighted by Gasteiger charge is 2.22. The summed E-state index contributed by atoms with van der Waals surface area (Å²) < 4.78 is 0. The fourth-order valence-electron chi connectivity index (χ4n) is 3.34. The van der Waals surface area contributed by atoms with E-state index in [1.54, 1.807) is 24.5 Å². The fraction of sp³-hybridized carbons (Fsp3) is 0.381. The number of benzene rings is 1. The van der Waals surface area contributed by atoms with Crippen molar-refractivity contribution in [1.29, 1.82) is 0 Å². The van der Waals surface area contributed by atoms with Gasteiger partial charge in [-0.1, -0.05) is 24.3 Å². The lowest BCUT2D eigenvalue weighted by atomic mass is 10.0. The molecule has 1 aromatic heterocycles. The first-order valence-corrected chi connectivity index (χ1v) is 9.17. The molecule has 0 radical (unpaired) electrons. The quantitative estimate of drug-likeness (QED) is 0.851. The number of aryl methyl sites for hydroxylation is 2. The molecule has 26 heavy (non-hydrogen) atoms. The van der Waals surface area contributed by atoms with E-state index in [1.807, 2.05) is 21.9 Å². The molecule has 5 heteroatoms. The molecule has 3 rings (SSSR count). The summed E-state index contributed by atoms with van der Waals surface area (Å²) >= 11 is 0. The van der Waals surface area contributed by atoms with E-state index in [0.29, 0.717) is 38.2 Å². The van der Waals surface area contributed by atoms with Crippen molar-refractivity contribution in [2.24, 2.45) is 0 Å².